The normalized spacial score (nSPS) is 12.1. The van der Waals surface area contributed by atoms with Crippen LogP contribution in [0, 0.1) is 0 Å². The summed E-state index contributed by atoms with van der Waals surface area (Å²) in [6.45, 7) is 0. The van der Waals surface area contributed by atoms with Gasteiger partial charge < -0.3 is 9.47 Å². The molecule has 0 N–H and O–H groups in total. The Labute approximate surface area is 319 Å². The van der Waals surface area contributed by atoms with Gasteiger partial charge in [-0.2, -0.15) is 0 Å². The van der Waals surface area contributed by atoms with Crippen molar-refractivity contribution in [2.75, 3.05) is 4.90 Å². The fourth-order valence-corrected chi connectivity index (χ4v) is 11.2. The maximum absolute atomic E-state index is 2.45. The van der Waals surface area contributed by atoms with Crippen molar-refractivity contribution in [2.45, 2.75) is 0 Å². The second kappa shape index (κ2) is 11.5. The summed E-state index contributed by atoms with van der Waals surface area (Å²) in [4.78, 5) is 2.45. The van der Waals surface area contributed by atoms with Crippen LogP contribution in [0.15, 0.2) is 182 Å². The highest BCUT2D eigenvalue weighted by molar-refractivity contribution is 7.27. The number of rotatable bonds is 4. The van der Waals surface area contributed by atoms with Crippen LogP contribution in [-0.4, -0.2) is 4.57 Å². The minimum Gasteiger partial charge on any atom is -0.310 e. The van der Waals surface area contributed by atoms with E-state index in [9.17, 15) is 0 Å². The van der Waals surface area contributed by atoms with Gasteiger partial charge in [-0.05, 0) is 76.1 Å². The van der Waals surface area contributed by atoms with Crippen molar-refractivity contribution in [3.8, 4) is 5.69 Å². The van der Waals surface area contributed by atoms with Crippen molar-refractivity contribution in [1.82, 2.24) is 4.57 Å². The Morgan fingerprint density at radius 2 is 0.796 bits per heavy atom. The molecule has 12 rings (SSSR count). The second-order valence-corrected chi connectivity index (χ2v) is 16.2. The molecular weight excluding hydrogens is 693 g/mol. The van der Waals surface area contributed by atoms with Crippen LogP contribution in [0.2, 0.25) is 0 Å². The third kappa shape index (κ3) is 4.38. The zero-order valence-corrected chi connectivity index (χ0v) is 30.7. The van der Waals surface area contributed by atoms with Crippen LogP contribution >= 0.6 is 22.7 Å². The van der Waals surface area contributed by atoms with Gasteiger partial charge in [0, 0.05) is 73.9 Å². The lowest BCUT2D eigenvalue weighted by molar-refractivity contribution is 1.18. The molecule has 0 aliphatic rings. The van der Waals surface area contributed by atoms with E-state index in [-0.39, 0.29) is 0 Å². The Hall–Kier alpha value is -6.46. The smallest absolute Gasteiger partial charge is 0.0561 e. The van der Waals surface area contributed by atoms with Gasteiger partial charge in [-0.1, -0.05) is 127 Å². The maximum atomic E-state index is 2.45. The van der Waals surface area contributed by atoms with Crippen molar-refractivity contribution in [2.24, 2.45) is 0 Å². The fourth-order valence-electron chi connectivity index (χ4n) is 8.66. The zero-order valence-electron chi connectivity index (χ0n) is 29.0. The fraction of sp³-hybridized carbons (Fsp3) is 0. The summed E-state index contributed by atoms with van der Waals surface area (Å²) in [6.07, 6.45) is 0. The van der Waals surface area contributed by atoms with Gasteiger partial charge in [0.1, 0.15) is 0 Å². The molecule has 54 heavy (non-hydrogen) atoms. The van der Waals surface area contributed by atoms with Crippen LogP contribution < -0.4 is 4.90 Å². The van der Waals surface area contributed by atoms with Crippen LogP contribution in [0.5, 0.6) is 0 Å². The topological polar surface area (TPSA) is 8.17 Å². The average molecular weight is 723 g/mol. The van der Waals surface area contributed by atoms with E-state index in [4.69, 9.17) is 0 Å². The highest BCUT2D eigenvalue weighted by Gasteiger charge is 2.20. The average Bonchev–Trinajstić information content (AvgIpc) is 3.90. The lowest BCUT2D eigenvalue weighted by atomic mass is 10.0. The van der Waals surface area contributed by atoms with Crippen LogP contribution in [0.25, 0.3) is 89.4 Å². The second-order valence-electron chi connectivity index (χ2n) is 14.1. The number of hydrogen-bond donors (Lipinski definition) is 0. The van der Waals surface area contributed by atoms with Gasteiger partial charge in [0.05, 0.1) is 11.0 Å². The lowest BCUT2D eigenvalue weighted by Gasteiger charge is -2.26. The molecule has 0 saturated heterocycles. The number of aromatic nitrogens is 1. The number of thiophene rings is 2. The van der Waals surface area contributed by atoms with Gasteiger partial charge in [0.2, 0.25) is 0 Å². The largest absolute Gasteiger partial charge is 0.310 e. The van der Waals surface area contributed by atoms with Gasteiger partial charge in [0.15, 0.2) is 0 Å². The van der Waals surface area contributed by atoms with Gasteiger partial charge in [-0.25, -0.2) is 0 Å². The van der Waals surface area contributed by atoms with Crippen molar-refractivity contribution >= 4 is 123 Å². The third-order valence-electron chi connectivity index (χ3n) is 11.1. The Bertz CT molecular complexity index is 3310. The van der Waals surface area contributed by atoms with Crippen LogP contribution in [0.3, 0.4) is 0 Å². The SMILES string of the molecule is c1ccc(-n2c3ccccc3c3ccc(N(c4ccc5c(c4)sc4c6ccccc6ccc54)c4ccc5c(c4)sc4c6ccccc6ccc54)cc32)cc1. The molecule has 0 radical (unpaired) electrons. The molecule has 0 amide bonds. The van der Waals surface area contributed by atoms with Crippen LogP contribution in [-0.2, 0) is 0 Å². The van der Waals surface area contributed by atoms with Gasteiger partial charge in [0.25, 0.3) is 0 Å². The number of anilines is 3. The number of para-hydroxylation sites is 2. The first-order valence-corrected chi connectivity index (χ1v) is 20.0. The number of hydrogen-bond acceptors (Lipinski definition) is 3. The van der Waals surface area contributed by atoms with E-state index >= 15 is 0 Å². The molecule has 0 saturated carbocycles. The first-order valence-electron chi connectivity index (χ1n) is 18.3. The molecule has 3 aromatic heterocycles. The molecule has 0 aliphatic heterocycles. The Morgan fingerprint density at radius 1 is 0.333 bits per heavy atom. The van der Waals surface area contributed by atoms with Crippen molar-refractivity contribution in [3.63, 3.8) is 0 Å². The molecular formula is C50H30N2S2. The first kappa shape index (κ1) is 30.0. The van der Waals surface area contributed by atoms with E-state index in [0.29, 0.717) is 0 Å². The molecule has 0 spiro atoms. The van der Waals surface area contributed by atoms with E-state index in [2.05, 4.69) is 191 Å². The number of fused-ring (bicyclic) bond motifs is 13. The third-order valence-corrected chi connectivity index (χ3v) is 13.5. The van der Waals surface area contributed by atoms with E-state index in [1.54, 1.807) is 0 Å². The first-order chi connectivity index (χ1) is 26.8. The Balaban J connectivity index is 1.12. The molecule has 3 heterocycles. The number of benzene rings is 9. The molecule has 2 nitrogen and oxygen atoms in total. The molecule has 9 aromatic carbocycles. The molecule has 0 fully saturated rings. The summed E-state index contributed by atoms with van der Waals surface area (Å²) < 4.78 is 7.68. The monoisotopic (exact) mass is 722 g/mol. The van der Waals surface area contributed by atoms with E-state index in [0.717, 1.165) is 22.7 Å². The van der Waals surface area contributed by atoms with Crippen LogP contribution in [0.4, 0.5) is 17.1 Å². The lowest BCUT2D eigenvalue weighted by Crippen LogP contribution is -2.10. The van der Waals surface area contributed by atoms with Crippen molar-refractivity contribution in [3.05, 3.63) is 182 Å². The summed E-state index contributed by atoms with van der Waals surface area (Å²) in [5.41, 5.74) is 6.97. The predicted molar refractivity (Wildman–Crippen MR) is 236 cm³/mol. The summed E-state index contributed by atoms with van der Waals surface area (Å²) >= 11 is 3.79. The van der Waals surface area contributed by atoms with Crippen LogP contribution in [0.1, 0.15) is 0 Å². The van der Waals surface area contributed by atoms with Gasteiger partial charge >= 0.3 is 0 Å². The zero-order chi connectivity index (χ0) is 35.3. The minimum atomic E-state index is 1.12. The highest BCUT2D eigenvalue weighted by atomic mass is 32.1. The van der Waals surface area contributed by atoms with E-state index in [1.807, 2.05) is 22.7 Å². The number of nitrogens with zero attached hydrogens (tertiary/aromatic N) is 2. The molecule has 0 unspecified atom stereocenters. The summed E-state index contributed by atoms with van der Waals surface area (Å²) in [5, 5.41) is 12.9. The Kier molecular flexibility index (Phi) is 6.41. The van der Waals surface area contributed by atoms with Gasteiger partial charge in [-0.15, -0.1) is 22.7 Å². The van der Waals surface area contributed by atoms with Gasteiger partial charge in [-0.3, -0.25) is 0 Å². The maximum Gasteiger partial charge on any atom is 0.0561 e. The molecule has 4 heteroatoms. The van der Waals surface area contributed by atoms with Crippen molar-refractivity contribution in [1.29, 1.82) is 0 Å². The van der Waals surface area contributed by atoms with Crippen molar-refractivity contribution < 1.29 is 0 Å². The summed E-state index contributed by atoms with van der Waals surface area (Å²) in [7, 11) is 0. The molecule has 0 atom stereocenters. The molecule has 0 bridgehead atoms. The quantitative estimate of drug-likeness (QED) is 0.176. The standard InChI is InChI=1S/C50H30N2S2/c1-2-12-33(13-3-1)52-45-17-9-8-16-39(45)40-25-20-34(28-46(40)52)51(35-21-26-41-43-23-18-31-10-4-6-14-37(31)49(43)53-47(41)29-35)36-22-27-42-44-24-19-32-11-5-7-15-38(32)50(44)54-48(42)30-36/h1-30H. The van der Waals surface area contributed by atoms with E-state index in [1.165, 1.54) is 83.7 Å². The predicted octanol–water partition coefficient (Wildman–Crippen LogP) is 15.3. The summed E-state index contributed by atoms with van der Waals surface area (Å²) in [5.74, 6) is 0. The highest BCUT2D eigenvalue weighted by Crippen LogP contribution is 2.46. The summed E-state index contributed by atoms with van der Waals surface area (Å²) in [6, 6.07) is 67.2. The van der Waals surface area contributed by atoms with E-state index < -0.39 is 0 Å². The minimum absolute atomic E-state index is 1.12. The Morgan fingerprint density at radius 3 is 1.41 bits per heavy atom. The molecule has 0 aliphatic carbocycles. The molecule has 12 aromatic rings. The molecule has 252 valence electrons.